The molecule has 5 heteroatoms. The largest absolute Gasteiger partial charge is 0.391 e. The lowest BCUT2D eigenvalue weighted by molar-refractivity contribution is 0.0819. The zero-order valence-corrected chi connectivity index (χ0v) is 10.3. The first-order valence-corrected chi connectivity index (χ1v) is 6.38. The maximum absolute atomic E-state index is 12.0. The first kappa shape index (κ1) is 12.8. The van der Waals surface area contributed by atoms with Gasteiger partial charge in [0.15, 0.2) is 0 Å². The second kappa shape index (κ2) is 5.82. The lowest BCUT2D eigenvalue weighted by atomic mass is 10.1. The average Bonchev–Trinajstić information content (AvgIpc) is 2.55. The minimum atomic E-state index is -0.464. The molecule has 98 valence electrons. The molecule has 1 saturated carbocycles. The third kappa shape index (κ3) is 2.98. The van der Waals surface area contributed by atoms with Crippen molar-refractivity contribution in [1.29, 1.82) is 0 Å². The highest BCUT2D eigenvalue weighted by molar-refractivity contribution is 5.98. The molecule has 0 spiro atoms. The number of aliphatic hydroxyl groups is 1. The van der Waals surface area contributed by atoms with Crippen LogP contribution in [-0.2, 0) is 0 Å². The van der Waals surface area contributed by atoms with Gasteiger partial charge in [0.1, 0.15) is 5.82 Å². The Bertz CT molecular complexity index is 422. The number of hydrogen-bond acceptors (Lipinski definition) is 4. The lowest BCUT2D eigenvalue weighted by Crippen LogP contribution is -2.42. The second-order valence-corrected chi connectivity index (χ2v) is 4.72. The summed E-state index contributed by atoms with van der Waals surface area (Å²) in [6, 6.07) is 3.13. The first-order valence-electron chi connectivity index (χ1n) is 6.38. The number of rotatable bonds is 2. The fourth-order valence-corrected chi connectivity index (χ4v) is 2.31. The number of hydrogen-bond donors (Lipinski definition) is 3. The fourth-order valence-electron chi connectivity index (χ4n) is 2.31. The highest BCUT2D eigenvalue weighted by Crippen LogP contribution is 2.18. The number of anilines is 1. The van der Waals surface area contributed by atoms with E-state index in [0.29, 0.717) is 5.56 Å². The van der Waals surface area contributed by atoms with Crippen LogP contribution in [0.25, 0.3) is 0 Å². The van der Waals surface area contributed by atoms with Crippen LogP contribution in [0.4, 0.5) is 5.82 Å². The number of pyridine rings is 1. The molecule has 0 aliphatic heterocycles. The Morgan fingerprint density at radius 3 is 2.94 bits per heavy atom. The zero-order valence-electron chi connectivity index (χ0n) is 10.3. The number of nitrogen functional groups attached to an aromatic ring is 1. The number of nitrogens with zero attached hydrogens (tertiary/aromatic N) is 1. The highest BCUT2D eigenvalue weighted by Gasteiger charge is 2.24. The van der Waals surface area contributed by atoms with Crippen molar-refractivity contribution in [3.05, 3.63) is 23.9 Å². The molecule has 0 aromatic carbocycles. The normalized spacial score (nSPS) is 24.3. The van der Waals surface area contributed by atoms with Crippen molar-refractivity contribution in [3.63, 3.8) is 0 Å². The van der Waals surface area contributed by atoms with Gasteiger partial charge in [0, 0.05) is 6.20 Å². The van der Waals surface area contributed by atoms with E-state index in [-0.39, 0.29) is 17.8 Å². The number of nitrogens with one attached hydrogen (secondary N) is 1. The number of amides is 1. The average molecular weight is 249 g/mol. The molecular weight excluding hydrogens is 230 g/mol. The van der Waals surface area contributed by atoms with Crippen molar-refractivity contribution in [2.75, 3.05) is 5.73 Å². The standard InChI is InChI=1S/C13H19N3O2/c14-12-9(5-4-8-15-12)13(18)16-10-6-2-1-3-7-11(10)17/h4-5,8,10-11,17H,1-3,6-7H2,(H2,14,15)(H,16,18). The van der Waals surface area contributed by atoms with E-state index >= 15 is 0 Å². The maximum atomic E-state index is 12.0. The number of aliphatic hydroxyl groups excluding tert-OH is 1. The summed E-state index contributed by atoms with van der Waals surface area (Å²) in [7, 11) is 0. The number of aromatic nitrogens is 1. The van der Waals surface area contributed by atoms with E-state index in [1.54, 1.807) is 18.3 Å². The van der Waals surface area contributed by atoms with Gasteiger partial charge in [-0.1, -0.05) is 19.3 Å². The lowest BCUT2D eigenvalue weighted by Gasteiger charge is -2.21. The predicted octanol–water partition coefficient (Wildman–Crippen LogP) is 1.09. The zero-order chi connectivity index (χ0) is 13.0. The topological polar surface area (TPSA) is 88.2 Å². The van der Waals surface area contributed by atoms with Gasteiger partial charge in [0.2, 0.25) is 0 Å². The van der Waals surface area contributed by atoms with Gasteiger partial charge in [0.05, 0.1) is 17.7 Å². The van der Waals surface area contributed by atoms with Gasteiger partial charge in [-0.25, -0.2) is 4.98 Å². The molecule has 1 fully saturated rings. The van der Waals surface area contributed by atoms with Crippen LogP contribution in [0, 0.1) is 0 Å². The highest BCUT2D eigenvalue weighted by atomic mass is 16.3. The van der Waals surface area contributed by atoms with E-state index < -0.39 is 6.10 Å². The van der Waals surface area contributed by atoms with E-state index in [9.17, 15) is 9.90 Å². The van der Waals surface area contributed by atoms with E-state index in [1.807, 2.05) is 0 Å². The number of nitrogens with two attached hydrogens (primary N) is 1. The number of carbonyl (C=O) groups is 1. The van der Waals surface area contributed by atoms with Crippen molar-refractivity contribution in [3.8, 4) is 0 Å². The van der Waals surface area contributed by atoms with Gasteiger partial charge in [-0.3, -0.25) is 4.79 Å². The van der Waals surface area contributed by atoms with Gasteiger partial charge in [-0.15, -0.1) is 0 Å². The Labute approximate surface area is 106 Å². The molecule has 0 radical (unpaired) electrons. The predicted molar refractivity (Wildman–Crippen MR) is 69.0 cm³/mol. The van der Waals surface area contributed by atoms with Crippen LogP contribution in [-0.4, -0.2) is 28.1 Å². The molecule has 1 aromatic rings. The Hall–Kier alpha value is -1.62. The molecule has 2 unspecified atom stereocenters. The molecule has 0 saturated heterocycles. The molecule has 2 atom stereocenters. The quantitative estimate of drug-likeness (QED) is 0.684. The molecule has 1 heterocycles. The fraction of sp³-hybridized carbons (Fsp3) is 0.538. The van der Waals surface area contributed by atoms with Crippen LogP contribution in [0.3, 0.4) is 0 Å². The Balaban J connectivity index is 2.04. The SMILES string of the molecule is Nc1ncccc1C(=O)NC1CCCCCC1O. The Kier molecular flexibility index (Phi) is 4.15. The van der Waals surface area contributed by atoms with Crippen molar-refractivity contribution < 1.29 is 9.90 Å². The van der Waals surface area contributed by atoms with Gasteiger partial charge >= 0.3 is 0 Å². The Morgan fingerprint density at radius 1 is 1.39 bits per heavy atom. The van der Waals surface area contributed by atoms with Gasteiger partial charge < -0.3 is 16.2 Å². The molecule has 5 nitrogen and oxygen atoms in total. The molecule has 1 aliphatic carbocycles. The van der Waals surface area contributed by atoms with E-state index in [0.717, 1.165) is 32.1 Å². The smallest absolute Gasteiger partial charge is 0.255 e. The summed E-state index contributed by atoms with van der Waals surface area (Å²) in [6.45, 7) is 0. The van der Waals surface area contributed by atoms with Crippen molar-refractivity contribution in [2.45, 2.75) is 44.2 Å². The first-order chi connectivity index (χ1) is 8.68. The van der Waals surface area contributed by atoms with Crippen molar-refractivity contribution >= 4 is 11.7 Å². The van der Waals surface area contributed by atoms with E-state index in [4.69, 9.17) is 5.73 Å². The molecule has 2 rings (SSSR count). The van der Waals surface area contributed by atoms with E-state index in [2.05, 4.69) is 10.3 Å². The summed E-state index contributed by atoms with van der Waals surface area (Å²) in [5, 5.41) is 12.8. The minimum Gasteiger partial charge on any atom is -0.391 e. The van der Waals surface area contributed by atoms with Crippen LogP contribution in [0.15, 0.2) is 18.3 Å². The third-order valence-corrected chi connectivity index (χ3v) is 3.38. The number of carbonyl (C=O) groups excluding carboxylic acids is 1. The molecule has 1 aromatic heterocycles. The summed E-state index contributed by atoms with van der Waals surface area (Å²) in [5.41, 5.74) is 6.03. The van der Waals surface area contributed by atoms with Crippen molar-refractivity contribution in [2.24, 2.45) is 0 Å². The molecule has 1 amide bonds. The summed E-state index contributed by atoms with van der Waals surface area (Å²) in [5.74, 6) is -0.0374. The summed E-state index contributed by atoms with van der Waals surface area (Å²) >= 11 is 0. The monoisotopic (exact) mass is 249 g/mol. The van der Waals surface area contributed by atoms with Crippen LogP contribution in [0.1, 0.15) is 42.5 Å². The van der Waals surface area contributed by atoms with Gasteiger partial charge in [-0.05, 0) is 25.0 Å². The summed E-state index contributed by atoms with van der Waals surface area (Å²) in [6.07, 6.45) is 5.80. The summed E-state index contributed by atoms with van der Waals surface area (Å²) in [4.78, 5) is 15.9. The maximum Gasteiger partial charge on any atom is 0.255 e. The summed E-state index contributed by atoms with van der Waals surface area (Å²) < 4.78 is 0. The Morgan fingerprint density at radius 2 is 2.17 bits per heavy atom. The van der Waals surface area contributed by atoms with Gasteiger partial charge in [0.25, 0.3) is 5.91 Å². The minimum absolute atomic E-state index is 0.181. The van der Waals surface area contributed by atoms with Gasteiger partial charge in [-0.2, -0.15) is 0 Å². The van der Waals surface area contributed by atoms with Crippen LogP contribution in [0.5, 0.6) is 0 Å². The van der Waals surface area contributed by atoms with Crippen LogP contribution < -0.4 is 11.1 Å². The third-order valence-electron chi connectivity index (χ3n) is 3.38. The van der Waals surface area contributed by atoms with Crippen LogP contribution in [0.2, 0.25) is 0 Å². The molecule has 4 N–H and O–H groups in total. The van der Waals surface area contributed by atoms with Crippen LogP contribution >= 0.6 is 0 Å². The molecular formula is C13H19N3O2. The van der Waals surface area contributed by atoms with E-state index in [1.165, 1.54) is 0 Å². The van der Waals surface area contributed by atoms with Crippen molar-refractivity contribution in [1.82, 2.24) is 10.3 Å². The second-order valence-electron chi connectivity index (χ2n) is 4.72. The molecule has 18 heavy (non-hydrogen) atoms. The molecule has 1 aliphatic rings. The molecule has 0 bridgehead atoms.